The average Bonchev–Trinajstić information content (AvgIpc) is 2.57. The third-order valence-corrected chi connectivity index (χ3v) is 2.89. The molecule has 0 aromatic rings. The number of hydrogen-bond donors (Lipinski definition) is 1. The standard InChI is InChI=1S/C14H17NO3/c1-4-5-12-10(3)13(16)6-11(12)7-14(17)18-9(2)8-15/h4,7,9,13,16H,1,5-6H2,2-3H3/t9?,13-/m0/s1. The van der Waals surface area contributed by atoms with Crippen LogP contribution in [-0.4, -0.2) is 23.3 Å². The van der Waals surface area contributed by atoms with E-state index < -0.39 is 18.2 Å². The Bertz CT molecular complexity index is 454. The summed E-state index contributed by atoms with van der Waals surface area (Å²) in [4.78, 5) is 11.6. The molecule has 1 rings (SSSR count). The fourth-order valence-corrected chi connectivity index (χ4v) is 1.90. The quantitative estimate of drug-likeness (QED) is 0.469. The van der Waals surface area contributed by atoms with Crippen LogP contribution in [0.1, 0.15) is 26.7 Å². The lowest BCUT2D eigenvalue weighted by atomic mass is 10.0. The van der Waals surface area contributed by atoms with Crippen molar-refractivity contribution in [3.8, 4) is 6.07 Å². The normalized spacial score (nSPS) is 22.8. The van der Waals surface area contributed by atoms with Gasteiger partial charge in [0.25, 0.3) is 0 Å². The van der Waals surface area contributed by atoms with Crippen LogP contribution in [0.15, 0.2) is 35.5 Å². The van der Waals surface area contributed by atoms with Crippen LogP contribution in [0.2, 0.25) is 0 Å². The SMILES string of the molecule is C=CCC1=C(C)[C@@H](O)CC1=CC(=O)OC(C)C#N. The van der Waals surface area contributed by atoms with Gasteiger partial charge in [-0.1, -0.05) is 6.08 Å². The van der Waals surface area contributed by atoms with Crippen LogP contribution in [0.5, 0.6) is 0 Å². The molecule has 0 heterocycles. The molecular weight excluding hydrogens is 230 g/mol. The Hall–Kier alpha value is -1.86. The maximum Gasteiger partial charge on any atom is 0.332 e. The number of carbonyl (C=O) groups is 1. The number of rotatable bonds is 4. The Morgan fingerprint density at radius 1 is 1.78 bits per heavy atom. The van der Waals surface area contributed by atoms with Crippen LogP contribution < -0.4 is 0 Å². The van der Waals surface area contributed by atoms with Crippen molar-refractivity contribution in [2.75, 3.05) is 0 Å². The molecule has 0 aromatic heterocycles. The highest BCUT2D eigenvalue weighted by molar-refractivity contribution is 5.84. The topological polar surface area (TPSA) is 70.3 Å². The summed E-state index contributed by atoms with van der Waals surface area (Å²) in [6.45, 7) is 7.00. The van der Waals surface area contributed by atoms with Crippen LogP contribution in [0.4, 0.5) is 0 Å². The van der Waals surface area contributed by atoms with Crippen molar-refractivity contribution in [1.82, 2.24) is 0 Å². The summed E-state index contributed by atoms with van der Waals surface area (Å²) in [6, 6.07) is 1.82. The molecule has 1 unspecified atom stereocenters. The predicted molar refractivity (Wildman–Crippen MR) is 67.4 cm³/mol. The van der Waals surface area contributed by atoms with Gasteiger partial charge < -0.3 is 9.84 Å². The van der Waals surface area contributed by atoms with Crippen molar-refractivity contribution >= 4 is 5.97 Å². The van der Waals surface area contributed by atoms with Crippen molar-refractivity contribution in [2.24, 2.45) is 0 Å². The van der Waals surface area contributed by atoms with Crippen molar-refractivity contribution in [2.45, 2.75) is 38.9 Å². The fraction of sp³-hybridized carbons (Fsp3) is 0.429. The molecule has 0 amide bonds. The molecule has 0 aliphatic heterocycles. The number of aliphatic hydroxyl groups excluding tert-OH is 1. The molecule has 1 aliphatic carbocycles. The van der Waals surface area contributed by atoms with E-state index in [4.69, 9.17) is 10.00 Å². The zero-order chi connectivity index (χ0) is 13.7. The predicted octanol–water partition coefficient (Wildman–Crippen LogP) is 2.03. The Labute approximate surface area is 107 Å². The van der Waals surface area contributed by atoms with Gasteiger partial charge in [0, 0.05) is 12.5 Å². The lowest BCUT2D eigenvalue weighted by Gasteiger charge is -2.05. The third-order valence-electron chi connectivity index (χ3n) is 2.89. The van der Waals surface area contributed by atoms with E-state index in [2.05, 4.69) is 6.58 Å². The van der Waals surface area contributed by atoms with E-state index in [9.17, 15) is 9.90 Å². The van der Waals surface area contributed by atoms with Gasteiger partial charge in [-0.2, -0.15) is 5.26 Å². The summed E-state index contributed by atoms with van der Waals surface area (Å²) in [7, 11) is 0. The van der Waals surface area contributed by atoms with Gasteiger partial charge in [0.15, 0.2) is 6.10 Å². The van der Waals surface area contributed by atoms with E-state index in [0.717, 1.165) is 16.7 Å². The zero-order valence-corrected chi connectivity index (χ0v) is 10.6. The van der Waals surface area contributed by atoms with Gasteiger partial charge in [-0.3, -0.25) is 0 Å². The van der Waals surface area contributed by atoms with Gasteiger partial charge in [0.05, 0.1) is 6.10 Å². The van der Waals surface area contributed by atoms with Crippen LogP contribution in [-0.2, 0) is 9.53 Å². The number of nitriles is 1. The number of nitrogens with zero attached hydrogens (tertiary/aromatic N) is 1. The van der Waals surface area contributed by atoms with E-state index >= 15 is 0 Å². The molecule has 1 N–H and O–H groups in total. The molecule has 0 fully saturated rings. The molecule has 0 spiro atoms. The van der Waals surface area contributed by atoms with Gasteiger partial charge in [-0.05, 0) is 37.0 Å². The minimum atomic E-state index is -0.770. The summed E-state index contributed by atoms with van der Waals surface area (Å²) < 4.78 is 4.85. The maximum absolute atomic E-state index is 11.6. The first-order chi connectivity index (χ1) is 8.49. The first kappa shape index (κ1) is 14.2. The largest absolute Gasteiger partial charge is 0.444 e. The maximum atomic E-state index is 11.6. The number of allylic oxidation sites excluding steroid dienone is 2. The molecule has 0 saturated heterocycles. The van der Waals surface area contributed by atoms with Crippen LogP contribution >= 0.6 is 0 Å². The molecule has 4 nitrogen and oxygen atoms in total. The van der Waals surface area contributed by atoms with Gasteiger partial charge >= 0.3 is 5.97 Å². The molecule has 0 saturated carbocycles. The Morgan fingerprint density at radius 3 is 3.00 bits per heavy atom. The number of carbonyl (C=O) groups excluding carboxylic acids is 1. The van der Waals surface area contributed by atoms with Crippen LogP contribution in [0, 0.1) is 11.3 Å². The second-order valence-electron chi connectivity index (χ2n) is 4.25. The minimum absolute atomic E-state index is 0.408. The molecule has 96 valence electrons. The van der Waals surface area contributed by atoms with Crippen molar-refractivity contribution in [3.05, 3.63) is 35.5 Å². The Balaban J connectivity index is 2.86. The average molecular weight is 247 g/mol. The van der Waals surface area contributed by atoms with E-state index in [-0.39, 0.29) is 0 Å². The molecule has 2 atom stereocenters. The minimum Gasteiger partial charge on any atom is -0.444 e. The molecule has 0 radical (unpaired) electrons. The molecule has 18 heavy (non-hydrogen) atoms. The Kier molecular flexibility index (Phi) is 4.87. The monoisotopic (exact) mass is 247 g/mol. The zero-order valence-electron chi connectivity index (χ0n) is 10.6. The smallest absolute Gasteiger partial charge is 0.332 e. The van der Waals surface area contributed by atoms with E-state index in [0.29, 0.717) is 12.8 Å². The van der Waals surface area contributed by atoms with Gasteiger partial charge in [0.2, 0.25) is 0 Å². The van der Waals surface area contributed by atoms with Crippen molar-refractivity contribution < 1.29 is 14.6 Å². The summed E-state index contributed by atoms with van der Waals surface area (Å²) in [6.07, 6.45) is 2.78. The highest BCUT2D eigenvalue weighted by Crippen LogP contribution is 2.33. The van der Waals surface area contributed by atoms with Crippen molar-refractivity contribution in [1.29, 1.82) is 5.26 Å². The van der Waals surface area contributed by atoms with Crippen molar-refractivity contribution in [3.63, 3.8) is 0 Å². The number of esters is 1. The van der Waals surface area contributed by atoms with Crippen LogP contribution in [0.25, 0.3) is 0 Å². The fourth-order valence-electron chi connectivity index (χ4n) is 1.90. The first-order valence-corrected chi connectivity index (χ1v) is 5.79. The molecule has 4 heteroatoms. The molecule has 1 aliphatic rings. The van der Waals surface area contributed by atoms with Gasteiger partial charge in [-0.15, -0.1) is 6.58 Å². The molecular formula is C14H17NO3. The lowest BCUT2D eigenvalue weighted by Crippen LogP contribution is -2.11. The second kappa shape index (κ2) is 6.18. The molecule has 0 bridgehead atoms. The molecule has 0 aromatic carbocycles. The Morgan fingerprint density at radius 2 is 2.44 bits per heavy atom. The lowest BCUT2D eigenvalue weighted by molar-refractivity contribution is -0.139. The summed E-state index contributed by atoms with van der Waals surface area (Å²) in [5.41, 5.74) is 2.55. The summed E-state index contributed by atoms with van der Waals surface area (Å²) >= 11 is 0. The third kappa shape index (κ3) is 3.31. The van der Waals surface area contributed by atoms with E-state index in [1.54, 1.807) is 6.08 Å². The number of aliphatic hydroxyl groups is 1. The van der Waals surface area contributed by atoms with Gasteiger partial charge in [0.1, 0.15) is 6.07 Å². The summed E-state index contributed by atoms with van der Waals surface area (Å²) in [5, 5.41) is 18.3. The van der Waals surface area contributed by atoms with E-state index in [1.165, 1.54) is 13.0 Å². The van der Waals surface area contributed by atoms with E-state index in [1.807, 2.05) is 13.0 Å². The highest BCUT2D eigenvalue weighted by Gasteiger charge is 2.24. The second-order valence-corrected chi connectivity index (χ2v) is 4.25. The first-order valence-electron chi connectivity index (χ1n) is 5.79. The summed E-state index contributed by atoms with van der Waals surface area (Å²) in [5.74, 6) is -0.553. The highest BCUT2D eigenvalue weighted by atomic mass is 16.5. The number of ether oxygens (including phenoxy) is 1. The number of hydrogen-bond acceptors (Lipinski definition) is 4. The van der Waals surface area contributed by atoms with Gasteiger partial charge in [-0.25, -0.2) is 4.79 Å². The van der Waals surface area contributed by atoms with Crippen LogP contribution in [0.3, 0.4) is 0 Å².